The van der Waals surface area contributed by atoms with Crippen LogP contribution >= 0.6 is 0 Å². The summed E-state index contributed by atoms with van der Waals surface area (Å²) in [7, 11) is 0. The van der Waals surface area contributed by atoms with Gasteiger partial charge in [-0.1, -0.05) is 54.6 Å². The first kappa shape index (κ1) is 18.0. The fourth-order valence-corrected chi connectivity index (χ4v) is 3.08. The van der Waals surface area contributed by atoms with Crippen LogP contribution in [0.3, 0.4) is 0 Å². The number of benzene rings is 2. The summed E-state index contributed by atoms with van der Waals surface area (Å²) in [5, 5.41) is 6.35. The van der Waals surface area contributed by atoms with Gasteiger partial charge in [0.15, 0.2) is 5.96 Å². The zero-order chi connectivity index (χ0) is 18.2. The Hall–Kier alpha value is -2.82. The van der Waals surface area contributed by atoms with Crippen LogP contribution in [0, 0.1) is 0 Å². The lowest BCUT2D eigenvalue weighted by atomic mass is 10.00. The summed E-state index contributed by atoms with van der Waals surface area (Å²) in [6.07, 6.45) is 0.921. The summed E-state index contributed by atoms with van der Waals surface area (Å²) in [5.41, 5.74) is 3.74. The maximum Gasteiger partial charge on any atom is 0.242 e. The van der Waals surface area contributed by atoms with Gasteiger partial charge in [-0.25, -0.2) is 4.99 Å². The van der Waals surface area contributed by atoms with Crippen LogP contribution in [0.1, 0.15) is 23.6 Å². The van der Waals surface area contributed by atoms with E-state index in [1.54, 1.807) is 0 Å². The number of rotatable bonds is 5. The third-order valence-corrected chi connectivity index (χ3v) is 4.50. The Kier molecular flexibility index (Phi) is 6.25. The summed E-state index contributed by atoms with van der Waals surface area (Å²) in [5.74, 6) is 0.770. The van der Waals surface area contributed by atoms with Crippen LogP contribution in [0.4, 0.5) is 0 Å². The molecule has 0 radical (unpaired) electrons. The molecule has 0 saturated carbocycles. The van der Waals surface area contributed by atoms with Crippen molar-refractivity contribution in [2.45, 2.75) is 26.4 Å². The quantitative estimate of drug-likeness (QED) is 0.643. The second-order valence-corrected chi connectivity index (χ2v) is 6.37. The second-order valence-electron chi connectivity index (χ2n) is 6.37. The molecular weight excluding hydrogens is 324 g/mol. The molecule has 5 nitrogen and oxygen atoms in total. The van der Waals surface area contributed by atoms with Gasteiger partial charge in [-0.2, -0.15) is 0 Å². The minimum atomic E-state index is 0.102. The minimum absolute atomic E-state index is 0.102. The number of nitrogens with one attached hydrogen (secondary N) is 2. The molecule has 2 N–H and O–H groups in total. The summed E-state index contributed by atoms with van der Waals surface area (Å²) in [6.45, 7) is 5.07. The van der Waals surface area contributed by atoms with Crippen LogP contribution in [0.15, 0.2) is 59.6 Å². The van der Waals surface area contributed by atoms with Gasteiger partial charge in [0.2, 0.25) is 5.91 Å². The SMILES string of the molecule is CCNC(=NCc1ccccc1)NCC(=O)N1CCc2ccccc2C1. The van der Waals surface area contributed by atoms with E-state index in [4.69, 9.17) is 0 Å². The fraction of sp³-hybridized carbons (Fsp3) is 0.333. The highest BCUT2D eigenvalue weighted by Crippen LogP contribution is 2.18. The molecule has 0 fully saturated rings. The van der Waals surface area contributed by atoms with E-state index < -0.39 is 0 Å². The van der Waals surface area contributed by atoms with Gasteiger partial charge < -0.3 is 15.5 Å². The molecule has 136 valence electrons. The Balaban J connectivity index is 1.54. The highest BCUT2D eigenvalue weighted by atomic mass is 16.2. The largest absolute Gasteiger partial charge is 0.357 e. The Bertz CT molecular complexity index is 758. The molecule has 1 heterocycles. The van der Waals surface area contributed by atoms with Crippen LogP contribution in [0.25, 0.3) is 0 Å². The average molecular weight is 350 g/mol. The molecule has 0 atom stereocenters. The molecule has 0 spiro atoms. The van der Waals surface area contributed by atoms with Gasteiger partial charge in [0, 0.05) is 19.6 Å². The van der Waals surface area contributed by atoms with Gasteiger partial charge in [0.05, 0.1) is 13.1 Å². The Morgan fingerprint density at radius 2 is 1.77 bits per heavy atom. The number of aliphatic imine (C=N–C) groups is 1. The molecule has 2 aromatic rings. The van der Waals surface area contributed by atoms with Gasteiger partial charge in [0.1, 0.15) is 0 Å². The molecule has 5 heteroatoms. The minimum Gasteiger partial charge on any atom is -0.357 e. The number of carbonyl (C=O) groups excluding carboxylic acids is 1. The molecule has 0 unspecified atom stereocenters. The second kappa shape index (κ2) is 9.04. The van der Waals surface area contributed by atoms with E-state index >= 15 is 0 Å². The monoisotopic (exact) mass is 350 g/mol. The predicted molar refractivity (Wildman–Crippen MR) is 105 cm³/mol. The topological polar surface area (TPSA) is 56.7 Å². The molecular formula is C21H26N4O. The van der Waals surface area contributed by atoms with Crippen molar-refractivity contribution in [2.24, 2.45) is 4.99 Å². The Morgan fingerprint density at radius 1 is 1.04 bits per heavy atom. The first-order valence-corrected chi connectivity index (χ1v) is 9.17. The lowest BCUT2D eigenvalue weighted by Crippen LogP contribution is -2.45. The van der Waals surface area contributed by atoms with E-state index in [2.05, 4.69) is 33.8 Å². The summed E-state index contributed by atoms with van der Waals surface area (Å²) in [6, 6.07) is 18.4. The van der Waals surface area contributed by atoms with Crippen molar-refractivity contribution in [1.82, 2.24) is 15.5 Å². The van der Waals surface area contributed by atoms with Crippen LogP contribution < -0.4 is 10.6 Å². The van der Waals surface area contributed by atoms with Crippen molar-refractivity contribution in [2.75, 3.05) is 19.6 Å². The molecule has 1 aliphatic heterocycles. The number of nitrogens with zero attached hydrogens (tertiary/aromatic N) is 2. The van der Waals surface area contributed by atoms with Crippen LogP contribution in [-0.2, 0) is 24.3 Å². The van der Waals surface area contributed by atoms with Crippen molar-refractivity contribution < 1.29 is 4.79 Å². The third-order valence-electron chi connectivity index (χ3n) is 4.50. The molecule has 0 aromatic heterocycles. The maximum absolute atomic E-state index is 12.6. The summed E-state index contributed by atoms with van der Waals surface area (Å²) >= 11 is 0. The smallest absolute Gasteiger partial charge is 0.242 e. The van der Waals surface area contributed by atoms with Gasteiger partial charge in [-0.15, -0.1) is 0 Å². The molecule has 2 aromatic carbocycles. The first-order chi connectivity index (χ1) is 12.8. The zero-order valence-electron chi connectivity index (χ0n) is 15.2. The molecule has 0 aliphatic carbocycles. The van der Waals surface area contributed by atoms with E-state index in [1.165, 1.54) is 11.1 Å². The van der Waals surface area contributed by atoms with Gasteiger partial charge in [0.25, 0.3) is 0 Å². The highest BCUT2D eigenvalue weighted by Gasteiger charge is 2.20. The summed E-state index contributed by atoms with van der Waals surface area (Å²) < 4.78 is 0. The first-order valence-electron chi connectivity index (χ1n) is 9.17. The van der Waals surface area contributed by atoms with Crippen molar-refractivity contribution >= 4 is 11.9 Å². The molecule has 3 rings (SSSR count). The van der Waals surface area contributed by atoms with E-state index in [-0.39, 0.29) is 12.5 Å². The van der Waals surface area contributed by atoms with Gasteiger partial charge in [-0.05, 0) is 30.0 Å². The average Bonchev–Trinajstić information content (AvgIpc) is 2.70. The zero-order valence-corrected chi connectivity index (χ0v) is 15.2. The van der Waals surface area contributed by atoms with Crippen LogP contribution in [0.2, 0.25) is 0 Å². The number of hydrogen-bond donors (Lipinski definition) is 2. The normalized spacial score (nSPS) is 13.9. The predicted octanol–water partition coefficient (Wildman–Crippen LogP) is 2.33. The van der Waals surface area contributed by atoms with E-state index in [0.717, 1.165) is 25.1 Å². The van der Waals surface area contributed by atoms with E-state index in [1.807, 2.05) is 48.2 Å². The number of hydrogen-bond acceptors (Lipinski definition) is 2. The van der Waals surface area contributed by atoms with Crippen LogP contribution in [0.5, 0.6) is 0 Å². The lowest BCUT2D eigenvalue weighted by Gasteiger charge is -2.29. The lowest BCUT2D eigenvalue weighted by molar-refractivity contribution is -0.130. The molecule has 1 aliphatic rings. The molecule has 26 heavy (non-hydrogen) atoms. The third kappa shape index (κ3) is 4.85. The Labute approximate surface area is 155 Å². The van der Waals surface area contributed by atoms with Crippen molar-refractivity contribution in [3.63, 3.8) is 0 Å². The Morgan fingerprint density at radius 3 is 2.54 bits per heavy atom. The number of guanidine groups is 1. The number of fused-ring (bicyclic) bond motifs is 1. The van der Waals surface area contributed by atoms with E-state index in [9.17, 15) is 4.79 Å². The van der Waals surface area contributed by atoms with Crippen molar-refractivity contribution in [3.05, 3.63) is 71.3 Å². The van der Waals surface area contributed by atoms with Crippen molar-refractivity contribution in [1.29, 1.82) is 0 Å². The standard InChI is InChI=1S/C21H26N4O/c1-2-22-21(23-14-17-8-4-3-5-9-17)24-15-20(26)25-13-12-18-10-6-7-11-19(18)16-25/h3-11H,2,12-16H2,1H3,(H2,22,23,24). The van der Waals surface area contributed by atoms with Gasteiger partial charge in [-0.3, -0.25) is 4.79 Å². The molecule has 1 amide bonds. The van der Waals surface area contributed by atoms with Crippen molar-refractivity contribution in [3.8, 4) is 0 Å². The molecule has 0 saturated heterocycles. The number of carbonyl (C=O) groups is 1. The fourth-order valence-electron chi connectivity index (χ4n) is 3.08. The van der Waals surface area contributed by atoms with E-state index in [0.29, 0.717) is 19.0 Å². The molecule has 0 bridgehead atoms. The maximum atomic E-state index is 12.6. The van der Waals surface area contributed by atoms with Crippen LogP contribution in [-0.4, -0.2) is 36.4 Å². The van der Waals surface area contributed by atoms with Gasteiger partial charge >= 0.3 is 0 Å². The summed E-state index contributed by atoms with van der Waals surface area (Å²) in [4.78, 5) is 19.0. The highest BCUT2D eigenvalue weighted by molar-refractivity contribution is 5.86. The number of amides is 1.